The number of rotatable bonds is 4. The van der Waals surface area contributed by atoms with E-state index in [0.29, 0.717) is 18.8 Å². The molecule has 0 bridgehead atoms. The van der Waals surface area contributed by atoms with Crippen LogP contribution in [-0.2, 0) is 14.8 Å². The largest absolute Gasteiger partial charge is 0.360 e. The molecule has 0 saturated carbocycles. The van der Waals surface area contributed by atoms with E-state index in [1.807, 2.05) is 6.07 Å². The van der Waals surface area contributed by atoms with E-state index in [1.165, 1.54) is 10.4 Å². The molecule has 9 heteroatoms. The average molecular weight is 376 g/mol. The molecule has 1 aliphatic heterocycles. The lowest BCUT2D eigenvalue weighted by atomic mass is 10.2. The molecule has 1 amide bonds. The highest BCUT2D eigenvalue weighted by Crippen LogP contribution is 2.24. The number of hydrogen-bond acceptors (Lipinski definition) is 6. The molecule has 0 aliphatic carbocycles. The van der Waals surface area contributed by atoms with Crippen LogP contribution in [0.4, 0.5) is 0 Å². The quantitative estimate of drug-likeness (QED) is 0.745. The van der Waals surface area contributed by atoms with Gasteiger partial charge in [-0.1, -0.05) is 11.2 Å². The third kappa shape index (κ3) is 3.68. The van der Waals surface area contributed by atoms with Crippen molar-refractivity contribution in [3.63, 3.8) is 0 Å². The van der Waals surface area contributed by atoms with Gasteiger partial charge in [0.1, 0.15) is 10.6 Å². The maximum atomic E-state index is 12.8. The molecule has 1 aliphatic rings. The van der Waals surface area contributed by atoms with Gasteiger partial charge < -0.3 is 9.42 Å². The monoisotopic (exact) mass is 376 g/mol. The van der Waals surface area contributed by atoms with E-state index in [0.717, 1.165) is 5.56 Å². The van der Waals surface area contributed by atoms with E-state index in [1.54, 1.807) is 43.3 Å². The van der Waals surface area contributed by atoms with E-state index in [4.69, 9.17) is 4.52 Å². The smallest absolute Gasteiger partial charge is 0.248 e. The minimum Gasteiger partial charge on any atom is -0.360 e. The van der Waals surface area contributed by atoms with Crippen molar-refractivity contribution in [2.75, 3.05) is 26.2 Å². The molecule has 0 radical (unpaired) electrons. The maximum absolute atomic E-state index is 12.8. The predicted octanol–water partition coefficient (Wildman–Crippen LogP) is 1.23. The molecule has 0 unspecified atom stereocenters. The van der Waals surface area contributed by atoms with Crippen LogP contribution in [0.15, 0.2) is 40.0 Å². The summed E-state index contributed by atoms with van der Waals surface area (Å²) in [6, 6.07) is 3.65. The van der Waals surface area contributed by atoms with Crippen molar-refractivity contribution >= 4 is 22.0 Å². The van der Waals surface area contributed by atoms with Crippen LogP contribution in [0.25, 0.3) is 6.08 Å². The number of sulfonamides is 1. The first-order valence-corrected chi connectivity index (χ1v) is 9.63. The summed E-state index contributed by atoms with van der Waals surface area (Å²) in [5.41, 5.74) is 1.18. The topological polar surface area (TPSA) is 96.6 Å². The number of amides is 1. The Kier molecular flexibility index (Phi) is 5.19. The minimum absolute atomic E-state index is 0.119. The second-order valence-electron chi connectivity index (χ2n) is 6.00. The number of piperazine rings is 1. The van der Waals surface area contributed by atoms with E-state index >= 15 is 0 Å². The predicted molar refractivity (Wildman–Crippen MR) is 94.6 cm³/mol. The molecule has 0 N–H and O–H groups in total. The van der Waals surface area contributed by atoms with Crippen LogP contribution in [0.3, 0.4) is 0 Å². The van der Waals surface area contributed by atoms with Crippen molar-refractivity contribution in [2.45, 2.75) is 18.7 Å². The Morgan fingerprint density at radius 1 is 1.23 bits per heavy atom. The van der Waals surface area contributed by atoms with E-state index in [-0.39, 0.29) is 29.7 Å². The summed E-state index contributed by atoms with van der Waals surface area (Å²) in [5.74, 6) is 0.128. The number of hydrogen-bond donors (Lipinski definition) is 0. The van der Waals surface area contributed by atoms with Gasteiger partial charge in [-0.25, -0.2) is 8.42 Å². The molecular formula is C17H20N4O4S. The second kappa shape index (κ2) is 7.38. The summed E-state index contributed by atoms with van der Waals surface area (Å²) in [6.45, 7) is 4.32. The molecule has 3 heterocycles. The number of nitrogens with zero attached hydrogens (tertiary/aromatic N) is 4. The molecule has 3 rings (SSSR count). The third-order valence-corrected chi connectivity index (χ3v) is 6.36. The van der Waals surface area contributed by atoms with Crippen LogP contribution in [0.1, 0.15) is 17.0 Å². The summed E-state index contributed by atoms with van der Waals surface area (Å²) in [7, 11) is -3.67. The van der Waals surface area contributed by atoms with Gasteiger partial charge in [0, 0.05) is 44.6 Å². The molecule has 2 aromatic heterocycles. The second-order valence-corrected chi connectivity index (χ2v) is 7.88. The molecule has 0 aromatic carbocycles. The van der Waals surface area contributed by atoms with E-state index < -0.39 is 10.0 Å². The van der Waals surface area contributed by atoms with E-state index in [2.05, 4.69) is 10.1 Å². The van der Waals surface area contributed by atoms with E-state index in [9.17, 15) is 13.2 Å². The fourth-order valence-corrected chi connectivity index (χ4v) is 4.58. The molecule has 1 saturated heterocycles. The molecular weight excluding hydrogens is 356 g/mol. The van der Waals surface area contributed by atoms with Crippen LogP contribution in [0, 0.1) is 13.8 Å². The SMILES string of the molecule is Cc1noc(C)c1S(=O)(=O)N1CCN(C(=O)/C=C/c2cccnc2)CC1. The summed E-state index contributed by atoms with van der Waals surface area (Å²) in [5, 5.41) is 3.71. The number of carbonyl (C=O) groups excluding carboxylic acids is 1. The Morgan fingerprint density at radius 2 is 1.96 bits per heavy atom. The summed E-state index contributed by atoms with van der Waals surface area (Å²) in [4.78, 5) is 18.0. The number of aryl methyl sites for hydroxylation is 2. The fourth-order valence-electron chi connectivity index (χ4n) is 2.87. The molecule has 26 heavy (non-hydrogen) atoms. The highest BCUT2D eigenvalue weighted by molar-refractivity contribution is 7.89. The lowest BCUT2D eigenvalue weighted by Gasteiger charge is -2.33. The minimum atomic E-state index is -3.67. The summed E-state index contributed by atoms with van der Waals surface area (Å²) in [6.07, 6.45) is 6.51. The number of aromatic nitrogens is 2. The zero-order chi connectivity index (χ0) is 18.7. The van der Waals surface area contributed by atoms with Crippen molar-refractivity contribution in [1.29, 1.82) is 0 Å². The number of pyridine rings is 1. The first kappa shape index (κ1) is 18.3. The van der Waals surface area contributed by atoms with Gasteiger partial charge in [0.2, 0.25) is 15.9 Å². The summed E-state index contributed by atoms with van der Waals surface area (Å²) >= 11 is 0. The van der Waals surface area contributed by atoms with Crippen LogP contribution in [0.5, 0.6) is 0 Å². The van der Waals surface area contributed by atoms with Gasteiger partial charge in [-0.2, -0.15) is 4.31 Å². The molecule has 2 aromatic rings. The normalized spacial score (nSPS) is 16.3. The van der Waals surface area contributed by atoms with Crippen LogP contribution < -0.4 is 0 Å². The van der Waals surface area contributed by atoms with Crippen molar-refractivity contribution < 1.29 is 17.7 Å². The zero-order valence-corrected chi connectivity index (χ0v) is 15.4. The van der Waals surface area contributed by atoms with Gasteiger partial charge in [-0.05, 0) is 31.6 Å². The third-order valence-electron chi connectivity index (χ3n) is 4.22. The van der Waals surface area contributed by atoms with Gasteiger partial charge in [-0.15, -0.1) is 0 Å². The Balaban J connectivity index is 1.64. The zero-order valence-electron chi connectivity index (χ0n) is 14.6. The van der Waals surface area contributed by atoms with Gasteiger partial charge in [0.25, 0.3) is 0 Å². The van der Waals surface area contributed by atoms with Crippen molar-refractivity contribution in [1.82, 2.24) is 19.3 Å². The Hall–Kier alpha value is -2.52. The maximum Gasteiger partial charge on any atom is 0.248 e. The van der Waals surface area contributed by atoms with Gasteiger partial charge in [0.05, 0.1) is 0 Å². The highest BCUT2D eigenvalue weighted by atomic mass is 32.2. The molecule has 8 nitrogen and oxygen atoms in total. The average Bonchev–Trinajstić information content (AvgIpc) is 2.99. The van der Waals surface area contributed by atoms with Gasteiger partial charge >= 0.3 is 0 Å². The van der Waals surface area contributed by atoms with Gasteiger partial charge in [0.15, 0.2) is 5.76 Å². The Morgan fingerprint density at radius 3 is 2.54 bits per heavy atom. The summed E-state index contributed by atoms with van der Waals surface area (Å²) < 4.78 is 31.9. The Bertz CT molecular complexity index is 894. The first-order chi connectivity index (χ1) is 12.4. The van der Waals surface area contributed by atoms with Crippen molar-refractivity contribution in [3.05, 3.63) is 47.6 Å². The molecule has 138 valence electrons. The van der Waals surface area contributed by atoms with Crippen molar-refractivity contribution in [3.8, 4) is 0 Å². The van der Waals surface area contributed by atoms with Crippen LogP contribution in [-0.4, -0.2) is 59.8 Å². The molecule has 0 atom stereocenters. The fraction of sp³-hybridized carbons (Fsp3) is 0.353. The lowest BCUT2D eigenvalue weighted by molar-refractivity contribution is -0.127. The van der Waals surface area contributed by atoms with Gasteiger partial charge in [-0.3, -0.25) is 9.78 Å². The number of carbonyl (C=O) groups is 1. The standard InChI is InChI=1S/C17H20N4O4S/c1-13-17(14(2)25-19-13)26(23,24)21-10-8-20(9-11-21)16(22)6-5-15-4-3-7-18-12-15/h3-7,12H,8-11H2,1-2H3/b6-5+. The van der Waals surface area contributed by atoms with Crippen LogP contribution in [0.2, 0.25) is 0 Å². The Labute approximate surface area is 152 Å². The first-order valence-electron chi connectivity index (χ1n) is 8.19. The molecule has 1 fully saturated rings. The lowest BCUT2D eigenvalue weighted by Crippen LogP contribution is -2.50. The van der Waals surface area contributed by atoms with Crippen molar-refractivity contribution in [2.24, 2.45) is 0 Å². The van der Waals surface area contributed by atoms with Crippen LogP contribution >= 0.6 is 0 Å². The molecule has 0 spiro atoms. The highest BCUT2D eigenvalue weighted by Gasteiger charge is 2.33.